The highest BCUT2D eigenvalue weighted by molar-refractivity contribution is 5.74. The zero-order valence-electron chi connectivity index (χ0n) is 21.2. The Morgan fingerprint density at radius 1 is 0.633 bits per heavy atom. The van der Waals surface area contributed by atoms with Crippen LogP contribution in [0.3, 0.4) is 0 Å². The molecule has 0 radical (unpaired) electrons. The number of unbranched alkanes of at least 4 members (excludes halogenated alkanes) is 15. The number of nitrogens with one attached hydrogen (secondary N) is 1. The van der Waals surface area contributed by atoms with Crippen molar-refractivity contribution in [2.75, 3.05) is 20.6 Å². The van der Waals surface area contributed by atoms with E-state index in [-0.39, 0.29) is 5.91 Å². The molecule has 0 aromatic rings. The number of quaternary nitrogens is 1. The lowest BCUT2D eigenvalue weighted by atomic mass is 10.1. The normalized spacial score (nSPS) is 12.0. The Hall–Kier alpha value is -0.830. The lowest BCUT2D eigenvalue weighted by Gasteiger charge is -2.28. The number of rotatable bonds is 22. The van der Waals surface area contributed by atoms with Crippen molar-refractivity contribution in [2.24, 2.45) is 0 Å². The number of amides is 1. The fourth-order valence-electron chi connectivity index (χ4n) is 4.07. The fourth-order valence-corrected chi connectivity index (χ4v) is 4.07. The number of allylic oxidation sites excluding steroid dienone is 2. The van der Waals surface area contributed by atoms with E-state index in [1.54, 1.807) is 0 Å². The van der Waals surface area contributed by atoms with E-state index in [1.165, 1.54) is 103 Å². The van der Waals surface area contributed by atoms with Crippen LogP contribution in [0.1, 0.15) is 136 Å². The van der Waals surface area contributed by atoms with Gasteiger partial charge in [-0.05, 0) is 38.5 Å². The monoisotopic (exact) mass is 423 g/mol. The third-order valence-electron chi connectivity index (χ3n) is 5.88. The second-order valence-electron chi connectivity index (χ2n) is 9.69. The third-order valence-corrected chi connectivity index (χ3v) is 5.88. The molecule has 0 aromatic heterocycles. The number of nitrogens with zero attached hydrogens (tertiary/aromatic N) is 1. The third kappa shape index (κ3) is 21.9. The first-order valence-electron chi connectivity index (χ1n) is 13.3. The van der Waals surface area contributed by atoms with E-state index in [2.05, 4.69) is 45.5 Å². The quantitative estimate of drug-likeness (QED) is 0.0810. The summed E-state index contributed by atoms with van der Waals surface area (Å²) < 4.78 is 0.601. The number of carbonyl (C=O) groups is 1. The molecule has 30 heavy (non-hydrogen) atoms. The fraction of sp³-hybridized carbons (Fsp3) is 0.889. The maximum absolute atomic E-state index is 12.0. The van der Waals surface area contributed by atoms with E-state index in [9.17, 15) is 4.79 Å². The predicted octanol–water partition coefficient (Wildman–Crippen LogP) is 8.10. The molecule has 0 aromatic carbocycles. The molecular weight excluding hydrogens is 368 g/mol. The summed E-state index contributed by atoms with van der Waals surface area (Å²) in [6.45, 7) is 5.42. The highest BCUT2D eigenvalue weighted by atomic mass is 16.2. The summed E-state index contributed by atoms with van der Waals surface area (Å²) in [6.07, 6.45) is 29.2. The predicted molar refractivity (Wildman–Crippen MR) is 133 cm³/mol. The van der Waals surface area contributed by atoms with Crippen molar-refractivity contribution in [1.82, 2.24) is 5.43 Å². The van der Waals surface area contributed by atoms with Crippen LogP contribution in [0.2, 0.25) is 0 Å². The standard InChI is InChI=1S/C27H54N2O/c1-5-7-8-9-10-11-12-13-14-15-16-17-18-19-20-21-22-23-24-25-27(30)28-29(3,4)26-6-2/h13-14H,5-12,15-26H2,1-4H3/p+1/b14-13-. The molecule has 0 saturated carbocycles. The summed E-state index contributed by atoms with van der Waals surface area (Å²) in [7, 11) is 4.13. The van der Waals surface area contributed by atoms with E-state index >= 15 is 0 Å². The van der Waals surface area contributed by atoms with E-state index in [1.807, 2.05) is 0 Å². The summed E-state index contributed by atoms with van der Waals surface area (Å²) in [4.78, 5) is 12.0. The summed E-state index contributed by atoms with van der Waals surface area (Å²) >= 11 is 0. The van der Waals surface area contributed by atoms with Crippen molar-refractivity contribution >= 4 is 5.91 Å². The Labute approximate surface area is 189 Å². The minimum absolute atomic E-state index is 0.203. The van der Waals surface area contributed by atoms with Gasteiger partial charge in [0.2, 0.25) is 0 Å². The van der Waals surface area contributed by atoms with Crippen LogP contribution in [0.15, 0.2) is 12.2 Å². The van der Waals surface area contributed by atoms with Crippen LogP contribution >= 0.6 is 0 Å². The average Bonchev–Trinajstić information content (AvgIpc) is 2.69. The van der Waals surface area contributed by atoms with Crippen molar-refractivity contribution in [3.8, 4) is 0 Å². The van der Waals surface area contributed by atoms with Crippen molar-refractivity contribution in [2.45, 2.75) is 136 Å². The molecule has 0 unspecified atom stereocenters. The van der Waals surface area contributed by atoms with E-state index in [0.29, 0.717) is 11.0 Å². The number of carbonyl (C=O) groups excluding carboxylic acids is 1. The molecule has 0 aliphatic carbocycles. The molecule has 0 bridgehead atoms. The molecule has 3 heteroatoms. The Balaban J connectivity index is 3.28. The van der Waals surface area contributed by atoms with Gasteiger partial charge in [0.15, 0.2) is 0 Å². The van der Waals surface area contributed by atoms with Gasteiger partial charge in [-0.3, -0.25) is 4.79 Å². The van der Waals surface area contributed by atoms with Crippen LogP contribution in [0, 0.1) is 0 Å². The van der Waals surface area contributed by atoms with E-state index < -0.39 is 0 Å². The van der Waals surface area contributed by atoms with Crippen LogP contribution < -0.4 is 5.43 Å². The molecule has 0 rings (SSSR count). The lowest BCUT2D eigenvalue weighted by molar-refractivity contribution is -0.925. The van der Waals surface area contributed by atoms with E-state index in [0.717, 1.165) is 19.4 Å². The molecule has 1 N–H and O–H groups in total. The molecule has 0 aliphatic heterocycles. The number of hydrogen-bond acceptors (Lipinski definition) is 1. The Morgan fingerprint density at radius 3 is 1.53 bits per heavy atom. The van der Waals surface area contributed by atoms with Crippen molar-refractivity contribution in [1.29, 1.82) is 0 Å². The highest BCUT2D eigenvalue weighted by Crippen LogP contribution is 2.12. The average molecular weight is 424 g/mol. The van der Waals surface area contributed by atoms with Crippen molar-refractivity contribution < 1.29 is 9.39 Å². The van der Waals surface area contributed by atoms with Gasteiger partial charge in [0.05, 0.1) is 14.1 Å². The SMILES string of the molecule is CCCCCCCC/C=C\CCCCCCCCCCCC(=O)N[N+](C)(C)CCC. The van der Waals surface area contributed by atoms with Gasteiger partial charge in [0.25, 0.3) is 5.91 Å². The van der Waals surface area contributed by atoms with Crippen molar-refractivity contribution in [3.05, 3.63) is 12.2 Å². The maximum atomic E-state index is 12.0. The van der Waals surface area contributed by atoms with Gasteiger partial charge >= 0.3 is 0 Å². The van der Waals surface area contributed by atoms with Gasteiger partial charge in [-0.2, -0.15) is 0 Å². The zero-order valence-corrected chi connectivity index (χ0v) is 21.2. The topological polar surface area (TPSA) is 29.1 Å². The summed E-state index contributed by atoms with van der Waals surface area (Å²) in [5, 5.41) is 0. The summed E-state index contributed by atoms with van der Waals surface area (Å²) in [5.74, 6) is 0.203. The van der Waals surface area contributed by atoms with Gasteiger partial charge in [-0.25, -0.2) is 10.0 Å². The van der Waals surface area contributed by atoms with Gasteiger partial charge in [-0.1, -0.05) is 103 Å². The van der Waals surface area contributed by atoms with Crippen LogP contribution in [0.5, 0.6) is 0 Å². The summed E-state index contributed by atoms with van der Waals surface area (Å²) in [5.41, 5.74) is 3.11. The second-order valence-corrected chi connectivity index (χ2v) is 9.69. The largest absolute Gasteiger partial charge is 0.270 e. The molecule has 1 amide bonds. The minimum Gasteiger partial charge on any atom is -0.270 e. The zero-order chi connectivity index (χ0) is 22.3. The second kappa shape index (κ2) is 21.4. The molecule has 178 valence electrons. The van der Waals surface area contributed by atoms with Crippen LogP contribution in [-0.4, -0.2) is 31.1 Å². The maximum Gasteiger partial charge on any atom is 0.264 e. The van der Waals surface area contributed by atoms with Gasteiger partial charge in [-0.15, -0.1) is 0 Å². The Morgan fingerprint density at radius 2 is 1.07 bits per heavy atom. The molecule has 0 saturated heterocycles. The molecule has 0 fully saturated rings. The Kier molecular flexibility index (Phi) is 20.8. The van der Waals surface area contributed by atoms with Crippen LogP contribution in [-0.2, 0) is 4.79 Å². The molecule has 0 spiro atoms. The molecule has 0 aliphatic rings. The van der Waals surface area contributed by atoms with Gasteiger partial charge < -0.3 is 0 Å². The molecular formula is C27H55N2O+. The number of hydrogen-bond donors (Lipinski definition) is 1. The van der Waals surface area contributed by atoms with Crippen molar-refractivity contribution in [3.63, 3.8) is 0 Å². The molecule has 0 heterocycles. The smallest absolute Gasteiger partial charge is 0.264 e. The Bertz CT molecular complexity index is 404. The molecule has 3 nitrogen and oxygen atoms in total. The first kappa shape index (κ1) is 29.2. The minimum atomic E-state index is 0.203. The van der Waals surface area contributed by atoms with Gasteiger partial charge in [0, 0.05) is 6.42 Å². The van der Waals surface area contributed by atoms with Crippen LogP contribution in [0.4, 0.5) is 0 Å². The highest BCUT2D eigenvalue weighted by Gasteiger charge is 2.16. The first-order chi connectivity index (χ1) is 14.5. The first-order valence-corrected chi connectivity index (χ1v) is 13.3. The lowest BCUT2D eigenvalue weighted by Crippen LogP contribution is -2.54. The van der Waals surface area contributed by atoms with Gasteiger partial charge in [0.1, 0.15) is 6.54 Å². The van der Waals surface area contributed by atoms with Crippen LogP contribution in [0.25, 0.3) is 0 Å². The van der Waals surface area contributed by atoms with E-state index in [4.69, 9.17) is 0 Å². The summed E-state index contributed by atoms with van der Waals surface area (Å²) in [6, 6.07) is 0. The molecule has 0 atom stereocenters.